The summed E-state index contributed by atoms with van der Waals surface area (Å²) < 4.78 is 38.0. The maximum absolute atomic E-state index is 12.7. The molecule has 0 heterocycles. The maximum atomic E-state index is 12.7. The van der Waals surface area contributed by atoms with Crippen LogP contribution < -0.4 is 5.32 Å². The van der Waals surface area contributed by atoms with Gasteiger partial charge in [-0.15, -0.1) is 0 Å². The molecule has 1 fully saturated rings. The Morgan fingerprint density at radius 1 is 1.24 bits per heavy atom. The molecular weight excluding hydrogens is 277 g/mol. The molecule has 3 unspecified atom stereocenters. The van der Waals surface area contributed by atoms with E-state index in [9.17, 15) is 13.2 Å². The molecule has 0 bridgehead atoms. The highest BCUT2D eigenvalue weighted by Gasteiger charge is 2.32. The highest BCUT2D eigenvalue weighted by atomic mass is 19.4. The van der Waals surface area contributed by atoms with Crippen molar-refractivity contribution in [3.8, 4) is 6.07 Å². The van der Waals surface area contributed by atoms with E-state index < -0.39 is 11.7 Å². The number of nitriles is 1. The van der Waals surface area contributed by atoms with Crippen molar-refractivity contribution in [2.75, 3.05) is 5.32 Å². The minimum absolute atomic E-state index is 0.0512. The first kappa shape index (κ1) is 15.7. The Kier molecular flexibility index (Phi) is 4.46. The number of hydrogen-bond acceptors (Lipinski definition) is 2. The van der Waals surface area contributed by atoms with Gasteiger partial charge in [-0.2, -0.15) is 18.4 Å². The van der Waals surface area contributed by atoms with Crippen LogP contribution in [0.2, 0.25) is 0 Å². The van der Waals surface area contributed by atoms with Crippen molar-refractivity contribution in [3.63, 3.8) is 0 Å². The Labute approximate surface area is 123 Å². The molecule has 0 spiro atoms. The first-order chi connectivity index (χ1) is 9.82. The van der Waals surface area contributed by atoms with E-state index in [0.717, 1.165) is 25.0 Å². The van der Waals surface area contributed by atoms with Gasteiger partial charge in [-0.25, -0.2) is 0 Å². The van der Waals surface area contributed by atoms with Crippen molar-refractivity contribution in [2.24, 2.45) is 11.8 Å². The van der Waals surface area contributed by atoms with Crippen molar-refractivity contribution < 1.29 is 13.2 Å². The van der Waals surface area contributed by atoms with Gasteiger partial charge in [0.25, 0.3) is 0 Å². The summed E-state index contributed by atoms with van der Waals surface area (Å²) in [5, 5.41) is 12.4. The van der Waals surface area contributed by atoms with Gasteiger partial charge in [0, 0.05) is 6.04 Å². The van der Waals surface area contributed by atoms with E-state index in [2.05, 4.69) is 19.2 Å². The highest BCUT2D eigenvalue weighted by molar-refractivity contribution is 5.59. The summed E-state index contributed by atoms with van der Waals surface area (Å²) in [5.74, 6) is 1.02. The molecule has 0 saturated heterocycles. The highest BCUT2D eigenvalue weighted by Crippen LogP contribution is 2.34. The third kappa shape index (κ3) is 3.49. The lowest BCUT2D eigenvalue weighted by Gasteiger charge is -2.35. The smallest absolute Gasteiger partial charge is 0.381 e. The van der Waals surface area contributed by atoms with E-state index in [1.54, 1.807) is 0 Å². The topological polar surface area (TPSA) is 35.8 Å². The molecule has 21 heavy (non-hydrogen) atoms. The van der Waals surface area contributed by atoms with E-state index in [1.165, 1.54) is 12.5 Å². The van der Waals surface area contributed by atoms with Gasteiger partial charge in [-0.05, 0) is 36.5 Å². The normalized spacial score (nSPS) is 26.2. The number of hydrogen-bond donors (Lipinski definition) is 1. The van der Waals surface area contributed by atoms with Crippen LogP contribution in [-0.4, -0.2) is 6.04 Å². The largest absolute Gasteiger partial charge is 0.416 e. The molecule has 1 aromatic rings. The fourth-order valence-electron chi connectivity index (χ4n) is 2.92. The summed E-state index contributed by atoms with van der Waals surface area (Å²) in [6.45, 7) is 4.34. The zero-order chi connectivity index (χ0) is 15.6. The first-order valence-corrected chi connectivity index (χ1v) is 7.21. The van der Waals surface area contributed by atoms with Crippen molar-refractivity contribution in [3.05, 3.63) is 29.3 Å². The molecule has 2 rings (SSSR count). The molecule has 0 radical (unpaired) electrons. The van der Waals surface area contributed by atoms with Gasteiger partial charge in [-0.3, -0.25) is 0 Å². The number of nitrogens with one attached hydrogen (secondary N) is 1. The van der Waals surface area contributed by atoms with Gasteiger partial charge in [0.05, 0.1) is 16.8 Å². The van der Waals surface area contributed by atoms with Crippen LogP contribution in [0.3, 0.4) is 0 Å². The molecule has 3 atom stereocenters. The third-order valence-electron chi connectivity index (χ3n) is 4.52. The van der Waals surface area contributed by atoms with Crippen LogP contribution in [-0.2, 0) is 6.18 Å². The lowest BCUT2D eigenvalue weighted by Crippen LogP contribution is -2.35. The molecule has 1 saturated carbocycles. The zero-order valence-electron chi connectivity index (χ0n) is 12.2. The molecule has 1 aliphatic carbocycles. The molecule has 114 valence electrons. The van der Waals surface area contributed by atoms with Crippen LogP contribution in [0.4, 0.5) is 18.9 Å². The van der Waals surface area contributed by atoms with Crippen molar-refractivity contribution in [1.82, 2.24) is 0 Å². The van der Waals surface area contributed by atoms with Gasteiger partial charge >= 0.3 is 6.18 Å². The minimum Gasteiger partial charge on any atom is -0.381 e. The van der Waals surface area contributed by atoms with E-state index in [4.69, 9.17) is 5.26 Å². The minimum atomic E-state index is -4.42. The lowest BCUT2D eigenvalue weighted by molar-refractivity contribution is -0.137. The standard InChI is InChI=1S/C16H19F3N2/c1-10-4-3-5-14(11(10)2)21-15-7-6-13(16(17,18)19)8-12(15)9-20/h6-8,10-11,14,21H,3-5H2,1-2H3. The molecule has 0 aliphatic heterocycles. The summed E-state index contributed by atoms with van der Waals surface area (Å²) in [5.41, 5.74) is -0.235. The summed E-state index contributed by atoms with van der Waals surface area (Å²) in [7, 11) is 0. The monoisotopic (exact) mass is 296 g/mol. The van der Waals surface area contributed by atoms with E-state index in [1.807, 2.05) is 6.07 Å². The Morgan fingerprint density at radius 3 is 2.57 bits per heavy atom. The summed E-state index contributed by atoms with van der Waals surface area (Å²) in [6, 6.07) is 5.38. The number of nitrogens with zero attached hydrogens (tertiary/aromatic N) is 1. The van der Waals surface area contributed by atoms with Crippen LogP contribution in [0.1, 0.15) is 44.2 Å². The number of anilines is 1. The maximum Gasteiger partial charge on any atom is 0.416 e. The number of alkyl halides is 3. The van der Waals surface area contributed by atoms with Crippen LogP contribution in [0.25, 0.3) is 0 Å². The first-order valence-electron chi connectivity index (χ1n) is 7.21. The lowest BCUT2D eigenvalue weighted by atomic mass is 9.78. The quantitative estimate of drug-likeness (QED) is 0.849. The average molecular weight is 296 g/mol. The molecule has 5 heteroatoms. The Morgan fingerprint density at radius 2 is 1.95 bits per heavy atom. The Balaban J connectivity index is 2.23. The van der Waals surface area contributed by atoms with E-state index >= 15 is 0 Å². The second kappa shape index (κ2) is 5.97. The summed E-state index contributed by atoms with van der Waals surface area (Å²) >= 11 is 0. The average Bonchev–Trinajstić information content (AvgIpc) is 2.43. The molecule has 1 N–H and O–H groups in total. The van der Waals surface area contributed by atoms with Crippen LogP contribution in [0, 0.1) is 23.2 Å². The molecule has 0 aromatic heterocycles. The van der Waals surface area contributed by atoms with Gasteiger partial charge in [0.1, 0.15) is 6.07 Å². The molecule has 1 aliphatic rings. The van der Waals surface area contributed by atoms with Crippen molar-refractivity contribution in [1.29, 1.82) is 5.26 Å². The predicted octanol–water partition coefficient (Wildman–Crippen LogP) is 4.81. The van der Waals surface area contributed by atoms with Crippen molar-refractivity contribution in [2.45, 2.75) is 45.3 Å². The van der Waals surface area contributed by atoms with Gasteiger partial charge in [0.2, 0.25) is 0 Å². The summed E-state index contributed by atoms with van der Waals surface area (Å²) in [4.78, 5) is 0. The predicted molar refractivity (Wildman–Crippen MR) is 75.7 cm³/mol. The number of rotatable bonds is 2. The zero-order valence-corrected chi connectivity index (χ0v) is 12.2. The van der Waals surface area contributed by atoms with Gasteiger partial charge in [0.15, 0.2) is 0 Å². The van der Waals surface area contributed by atoms with Crippen molar-refractivity contribution >= 4 is 5.69 Å². The number of halogens is 3. The van der Waals surface area contributed by atoms with Crippen LogP contribution >= 0.6 is 0 Å². The Hall–Kier alpha value is -1.70. The molecule has 1 aromatic carbocycles. The summed E-state index contributed by atoms with van der Waals surface area (Å²) in [6.07, 6.45) is -1.16. The molecule has 2 nitrogen and oxygen atoms in total. The van der Waals surface area contributed by atoms with Gasteiger partial charge in [-0.1, -0.05) is 26.7 Å². The van der Waals surface area contributed by atoms with Gasteiger partial charge < -0.3 is 5.32 Å². The fourth-order valence-corrected chi connectivity index (χ4v) is 2.92. The van der Waals surface area contributed by atoms with Crippen LogP contribution in [0.5, 0.6) is 0 Å². The SMILES string of the molecule is CC1CCCC(Nc2ccc(C(F)(F)F)cc2C#N)C1C. The third-order valence-corrected chi connectivity index (χ3v) is 4.52. The second-order valence-electron chi connectivity index (χ2n) is 5.89. The molecular formula is C16H19F3N2. The molecule has 0 amide bonds. The number of benzene rings is 1. The Bertz CT molecular complexity index is 545. The van der Waals surface area contributed by atoms with E-state index in [0.29, 0.717) is 17.5 Å². The second-order valence-corrected chi connectivity index (χ2v) is 5.89. The van der Waals surface area contributed by atoms with E-state index in [-0.39, 0.29) is 11.6 Å². The van der Waals surface area contributed by atoms with Crippen LogP contribution in [0.15, 0.2) is 18.2 Å². The fraction of sp³-hybridized carbons (Fsp3) is 0.562.